The van der Waals surface area contributed by atoms with Crippen LogP contribution in [0.2, 0.25) is 0 Å². The zero-order valence-corrected chi connectivity index (χ0v) is 12.9. The Kier molecular flexibility index (Phi) is 3.95. The summed E-state index contributed by atoms with van der Waals surface area (Å²) in [6.45, 7) is 4.46. The fourth-order valence-electron chi connectivity index (χ4n) is 3.60. The highest BCUT2D eigenvalue weighted by Crippen LogP contribution is 2.33. The molecule has 21 heavy (non-hydrogen) atoms. The van der Waals surface area contributed by atoms with E-state index >= 15 is 0 Å². The van der Waals surface area contributed by atoms with Gasteiger partial charge in [0.05, 0.1) is 5.60 Å². The van der Waals surface area contributed by atoms with Crippen LogP contribution in [0.3, 0.4) is 0 Å². The third-order valence-corrected chi connectivity index (χ3v) is 5.07. The Morgan fingerprint density at radius 3 is 2.10 bits per heavy atom. The molecule has 1 aliphatic carbocycles. The standard InChI is InChI=1S/C16H26N2O3/c1-16(21)7-2-8-18(11-16)15(20)13-5-9-17(10-6-13)14(19)12-3-4-12/h12-13,21H,2-11H2,1H3. The SMILES string of the molecule is CC1(O)CCCN(C(=O)C2CCN(C(=O)C3CC3)CC2)C1. The molecule has 2 heterocycles. The molecule has 0 radical (unpaired) electrons. The lowest BCUT2D eigenvalue weighted by molar-refractivity contribution is -0.145. The van der Waals surface area contributed by atoms with Crippen LogP contribution in [-0.2, 0) is 9.59 Å². The molecule has 1 unspecified atom stereocenters. The fourth-order valence-corrected chi connectivity index (χ4v) is 3.60. The van der Waals surface area contributed by atoms with E-state index in [9.17, 15) is 14.7 Å². The summed E-state index contributed by atoms with van der Waals surface area (Å²) in [5.74, 6) is 0.770. The maximum Gasteiger partial charge on any atom is 0.225 e. The molecule has 0 bridgehead atoms. The predicted molar refractivity (Wildman–Crippen MR) is 78.5 cm³/mol. The maximum atomic E-state index is 12.6. The van der Waals surface area contributed by atoms with Gasteiger partial charge in [0, 0.05) is 38.0 Å². The van der Waals surface area contributed by atoms with Gasteiger partial charge < -0.3 is 14.9 Å². The summed E-state index contributed by atoms with van der Waals surface area (Å²) < 4.78 is 0. The number of amides is 2. The van der Waals surface area contributed by atoms with E-state index in [2.05, 4.69) is 0 Å². The lowest BCUT2D eigenvalue weighted by Crippen LogP contribution is -2.52. The Hall–Kier alpha value is -1.10. The number of hydrogen-bond acceptors (Lipinski definition) is 3. The van der Waals surface area contributed by atoms with Crippen molar-refractivity contribution in [1.82, 2.24) is 9.80 Å². The molecule has 1 atom stereocenters. The van der Waals surface area contributed by atoms with Gasteiger partial charge in [0.25, 0.3) is 0 Å². The molecule has 0 aromatic heterocycles. The molecule has 0 spiro atoms. The summed E-state index contributed by atoms with van der Waals surface area (Å²) in [5, 5.41) is 10.1. The van der Waals surface area contributed by atoms with Gasteiger partial charge in [-0.15, -0.1) is 0 Å². The molecule has 0 aromatic rings. The van der Waals surface area contributed by atoms with E-state index in [1.807, 2.05) is 16.7 Å². The van der Waals surface area contributed by atoms with Gasteiger partial charge in [0.2, 0.25) is 11.8 Å². The Balaban J connectivity index is 1.51. The van der Waals surface area contributed by atoms with Crippen LogP contribution in [0, 0.1) is 11.8 Å². The monoisotopic (exact) mass is 294 g/mol. The van der Waals surface area contributed by atoms with Crippen LogP contribution >= 0.6 is 0 Å². The molecule has 3 fully saturated rings. The van der Waals surface area contributed by atoms with Crippen molar-refractivity contribution in [1.29, 1.82) is 0 Å². The van der Waals surface area contributed by atoms with E-state index in [1.165, 1.54) is 0 Å². The van der Waals surface area contributed by atoms with Gasteiger partial charge in [0.15, 0.2) is 0 Å². The number of hydrogen-bond donors (Lipinski definition) is 1. The first kappa shape index (κ1) is 14.8. The van der Waals surface area contributed by atoms with Crippen molar-refractivity contribution in [3.63, 3.8) is 0 Å². The number of rotatable bonds is 2. The average Bonchev–Trinajstić information content (AvgIpc) is 3.29. The average molecular weight is 294 g/mol. The van der Waals surface area contributed by atoms with E-state index in [0.29, 0.717) is 12.5 Å². The molecule has 0 aromatic carbocycles. The second kappa shape index (κ2) is 5.59. The third-order valence-electron chi connectivity index (χ3n) is 5.07. The summed E-state index contributed by atoms with van der Waals surface area (Å²) >= 11 is 0. The smallest absolute Gasteiger partial charge is 0.225 e. The second-order valence-corrected chi connectivity index (χ2v) is 7.23. The number of aliphatic hydroxyl groups is 1. The summed E-state index contributed by atoms with van der Waals surface area (Å²) in [5.41, 5.74) is -0.740. The minimum Gasteiger partial charge on any atom is -0.388 e. The molecule has 118 valence electrons. The topological polar surface area (TPSA) is 60.9 Å². The minimum absolute atomic E-state index is 0.0298. The normalized spacial score (nSPS) is 31.3. The van der Waals surface area contributed by atoms with Crippen molar-refractivity contribution >= 4 is 11.8 Å². The molecule has 3 aliphatic rings. The number of β-amino-alcohol motifs (C(OH)–C–C–N with tert-alkyl or cyclic N) is 1. The zero-order valence-electron chi connectivity index (χ0n) is 12.9. The van der Waals surface area contributed by atoms with Crippen LogP contribution in [0.5, 0.6) is 0 Å². The number of carbonyl (C=O) groups excluding carboxylic acids is 2. The first-order chi connectivity index (χ1) is 9.96. The van der Waals surface area contributed by atoms with Crippen molar-refractivity contribution in [3.05, 3.63) is 0 Å². The van der Waals surface area contributed by atoms with Crippen LogP contribution in [0.25, 0.3) is 0 Å². The lowest BCUT2D eigenvalue weighted by atomic mass is 9.91. The molecule has 2 amide bonds. The van der Waals surface area contributed by atoms with Crippen LogP contribution in [0.15, 0.2) is 0 Å². The van der Waals surface area contributed by atoms with Crippen LogP contribution in [0.1, 0.15) is 45.4 Å². The molecule has 1 N–H and O–H groups in total. The second-order valence-electron chi connectivity index (χ2n) is 7.23. The highest BCUT2D eigenvalue weighted by molar-refractivity contribution is 5.82. The molecule has 2 saturated heterocycles. The summed E-state index contributed by atoms with van der Waals surface area (Å²) in [6, 6.07) is 0. The Bertz CT molecular complexity index is 423. The van der Waals surface area contributed by atoms with Crippen molar-refractivity contribution in [3.8, 4) is 0 Å². The molecular weight excluding hydrogens is 268 g/mol. The van der Waals surface area contributed by atoms with Crippen molar-refractivity contribution in [2.45, 2.75) is 51.0 Å². The van der Waals surface area contributed by atoms with Gasteiger partial charge in [-0.05, 0) is 45.4 Å². The number of nitrogens with zero attached hydrogens (tertiary/aromatic N) is 2. The van der Waals surface area contributed by atoms with Gasteiger partial charge in [-0.25, -0.2) is 0 Å². The molecule has 2 aliphatic heterocycles. The van der Waals surface area contributed by atoms with E-state index in [1.54, 1.807) is 0 Å². The fraction of sp³-hybridized carbons (Fsp3) is 0.875. The molecule has 1 saturated carbocycles. The van der Waals surface area contributed by atoms with Gasteiger partial charge in [-0.3, -0.25) is 9.59 Å². The highest BCUT2D eigenvalue weighted by Gasteiger charge is 2.38. The third kappa shape index (κ3) is 3.39. The zero-order chi connectivity index (χ0) is 15.0. The predicted octanol–water partition coefficient (Wildman–Crippen LogP) is 1.01. The van der Waals surface area contributed by atoms with Crippen molar-refractivity contribution in [2.75, 3.05) is 26.2 Å². The first-order valence-corrected chi connectivity index (χ1v) is 8.26. The molecule has 5 heteroatoms. The quantitative estimate of drug-likeness (QED) is 0.827. The van der Waals surface area contributed by atoms with Crippen LogP contribution < -0.4 is 0 Å². The Morgan fingerprint density at radius 1 is 0.952 bits per heavy atom. The Labute approximate surface area is 126 Å². The number of carbonyl (C=O) groups is 2. The van der Waals surface area contributed by atoms with Gasteiger partial charge in [-0.2, -0.15) is 0 Å². The van der Waals surface area contributed by atoms with E-state index < -0.39 is 5.60 Å². The largest absolute Gasteiger partial charge is 0.388 e. The summed E-state index contributed by atoms with van der Waals surface area (Å²) in [7, 11) is 0. The molecule has 5 nitrogen and oxygen atoms in total. The maximum absolute atomic E-state index is 12.6. The first-order valence-electron chi connectivity index (χ1n) is 8.26. The summed E-state index contributed by atoms with van der Waals surface area (Å²) in [4.78, 5) is 28.4. The molecule has 3 rings (SSSR count). The number of likely N-dealkylation sites (tertiary alicyclic amines) is 2. The van der Waals surface area contributed by atoms with Crippen molar-refractivity contribution in [2.24, 2.45) is 11.8 Å². The van der Waals surface area contributed by atoms with Gasteiger partial charge >= 0.3 is 0 Å². The minimum atomic E-state index is -0.740. The van der Waals surface area contributed by atoms with E-state index in [-0.39, 0.29) is 17.7 Å². The lowest BCUT2D eigenvalue weighted by Gasteiger charge is -2.40. The van der Waals surface area contributed by atoms with Crippen molar-refractivity contribution < 1.29 is 14.7 Å². The van der Waals surface area contributed by atoms with Gasteiger partial charge in [0.1, 0.15) is 0 Å². The highest BCUT2D eigenvalue weighted by atomic mass is 16.3. The van der Waals surface area contributed by atoms with Crippen LogP contribution in [-0.4, -0.2) is 58.5 Å². The number of piperidine rings is 2. The molecular formula is C16H26N2O3. The summed E-state index contributed by atoms with van der Waals surface area (Å²) in [6.07, 6.45) is 5.27. The van der Waals surface area contributed by atoms with E-state index in [4.69, 9.17) is 0 Å². The van der Waals surface area contributed by atoms with E-state index in [0.717, 1.165) is 58.2 Å². The van der Waals surface area contributed by atoms with Crippen LogP contribution in [0.4, 0.5) is 0 Å². The van der Waals surface area contributed by atoms with Gasteiger partial charge in [-0.1, -0.05) is 0 Å². The Morgan fingerprint density at radius 2 is 1.52 bits per heavy atom.